The van der Waals surface area contributed by atoms with Gasteiger partial charge in [-0.15, -0.1) is 0 Å². The SMILES string of the molecule is CC(O)(C(=O)OC1CC[N+]2(CCCCC2)C1)c1ccco1. The summed E-state index contributed by atoms with van der Waals surface area (Å²) in [7, 11) is 0. The molecule has 5 nitrogen and oxygen atoms in total. The van der Waals surface area contributed by atoms with Gasteiger partial charge < -0.3 is 18.7 Å². The lowest BCUT2D eigenvalue weighted by Crippen LogP contribution is -2.50. The van der Waals surface area contributed by atoms with Gasteiger partial charge in [-0.25, -0.2) is 4.79 Å². The summed E-state index contributed by atoms with van der Waals surface area (Å²) in [5.41, 5.74) is -1.71. The monoisotopic (exact) mass is 294 g/mol. The van der Waals surface area contributed by atoms with Crippen molar-refractivity contribution in [3.63, 3.8) is 0 Å². The highest BCUT2D eigenvalue weighted by Gasteiger charge is 2.44. The van der Waals surface area contributed by atoms with Gasteiger partial charge in [0.05, 0.1) is 25.9 Å². The van der Waals surface area contributed by atoms with Gasteiger partial charge in [0.2, 0.25) is 5.60 Å². The fourth-order valence-corrected chi connectivity index (χ4v) is 3.64. The minimum atomic E-state index is -1.71. The molecule has 2 fully saturated rings. The van der Waals surface area contributed by atoms with Crippen LogP contribution in [0.5, 0.6) is 0 Å². The molecule has 5 heteroatoms. The number of carbonyl (C=O) groups excluding carboxylic acids is 1. The Morgan fingerprint density at radius 1 is 1.38 bits per heavy atom. The van der Waals surface area contributed by atoms with Gasteiger partial charge in [0.15, 0.2) is 6.10 Å². The number of hydrogen-bond acceptors (Lipinski definition) is 4. The summed E-state index contributed by atoms with van der Waals surface area (Å²) in [6.07, 6.45) is 6.10. The largest absolute Gasteiger partial charge is 0.466 e. The van der Waals surface area contributed by atoms with Crippen LogP contribution in [-0.4, -0.2) is 47.8 Å². The Kier molecular flexibility index (Phi) is 3.80. The zero-order valence-corrected chi connectivity index (χ0v) is 12.6. The normalized spacial score (nSPS) is 27.4. The van der Waals surface area contributed by atoms with Gasteiger partial charge in [0.25, 0.3) is 0 Å². The first kappa shape index (κ1) is 14.6. The highest BCUT2D eigenvalue weighted by Crippen LogP contribution is 2.30. The van der Waals surface area contributed by atoms with E-state index in [0.717, 1.165) is 24.0 Å². The molecular weight excluding hydrogens is 270 g/mol. The first-order valence-corrected chi connectivity index (χ1v) is 7.84. The minimum Gasteiger partial charge on any atom is -0.466 e. The lowest BCUT2D eigenvalue weighted by molar-refractivity contribution is -0.922. The highest BCUT2D eigenvalue weighted by atomic mass is 16.6. The number of piperidine rings is 1. The van der Waals surface area contributed by atoms with E-state index in [4.69, 9.17) is 9.15 Å². The lowest BCUT2D eigenvalue weighted by Gasteiger charge is -2.37. The molecule has 2 saturated heterocycles. The average molecular weight is 294 g/mol. The molecule has 2 unspecified atom stereocenters. The van der Waals surface area contributed by atoms with Crippen LogP contribution >= 0.6 is 0 Å². The van der Waals surface area contributed by atoms with Crippen LogP contribution in [0.25, 0.3) is 0 Å². The van der Waals surface area contributed by atoms with E-state index in [-0.39, 0.29) is 11.9 Å². The van der Waals surface area contributed by atoms with Crippen LogP contribution in [0.15, 0.2) is 22.8 Å². The topological polar surface area (TPSA) is 59.7 Å². The van der Waals surface area contributed by atoms with Crippen LogP contribution in [-0.2, 0) is 15.1 Å². The summed E-state index contributed by atoms with van der Waals surface area (Å²) >= 11 is 0. The van der Waals surface area contributed by atoms with Crippen molar-refractivity contribution >= 4 is 5.97 Å². The third-order valence-corrected chi connectivity index (χ3v) is 4.95. The maximum Gasteiger partial charge on any atom is 0.346 e. The van der Waals surface area contributed by atoms with Gasteiger partial charge >= 0.3 is 5.97 Å². The Morgan fingerprint density at radius 2 is 2.14 bits per heavy atom. The molecular formula is C16H24NO4+. The van der Waals surface area contributed by atoms with Gasteiger partial charge in [-0.1, -0.05) is 0 Å². The highest BCUT2D eigenvalue weighted by molar-refractivity contribution is 5.79. The summed E-state index contributed by atoms with van der Waals surface area (Å²) in [5.74, 6) is -0.383. The second kappa shape index (κ2) is 5.46. The van der Waals surface area contributed by atoms with Crippen LogP contribution in [0.1, 0.15) is 38.4 Å². The van der Waals surface area contributed by atoms with Crippen LogP contribution in [0, 0.1) is 0 Å². The predicted molar refractivity (Wildman–Crippen MR) is 76.4 cm³/mol. The van der Waals surface area contributed by atoms with E-state index in [2.05, 4.69) is 0 Å². The van der Waals surface area contributed by atoms with Gasteiger partial charge in [-0.3, -0.25) is 0 Å². The Morgan fingerprint density at radius 3 is 2.81 bits per heavy atom. The Labute approximate surface area is 125 Å². The van der Waals surface area contributed by atoms with Crippen LogP contribution in [0.3, 0.4) is 0 Å². The quantitative estimate of drug-likeness (QED) is 0.682. The van der Waals surface area contributed by atoms with Crippen molar-refractivity contribution in [2.24, 2.45) is 0 Å². The second-order valence-electron chi connectivity index (χ2n) is 6.62. The van der Waals surface area contributed by atoms with Gasteiger partial charge in [0, 0.05) is 6.42 Å². The van der Waals surface area contributed by atoms with Crippen molar-refractivity contribution < 1.29 is 23.5 Å². The zero-order chi connectivity index (χ0) is 14.9. The summed E-state index contributed by atoms with van der Waals surface area (Å²) < 4.78 is 11.8. The number of rotatable bonds is 3. The van der Waals surface area contributed by atoms with Crippen molar-refractivity contribution in [3.05, 3.63) is 24.2 Å². The molecule has 1 aromatic heterocycles. The number of aliphatic hydroxyl groups is 1. The number of furan rings is 1. The maximum absolute atomic E-state index is 12.3. The van der Waals surface area contributed by atoms with Crippen molar-refractivity contribution in [1.29, 1.82) is 0 Å². The van der Waals surface area contributed by atoms with Crippen LogP contribution in [0.2, 0.25) is 0 Å². The molecule has 0 radical (unpaired) electrons. The zero-order valence-electron chi connectivity index (χ0n) is 12.6. The first-order valence-electron chi connectivity index (χ1n) is 7.84. The van der Waals surface area contributed by atoms with E-state index >= 15 is 0 Å². The summed E-state index contributed by atoms with van der Waals surface area (Å²) in [5, 5.41) is 10.3. The van der Waals surface area contributed by atoms with E-state index in [9.17, 15) is 9.90 Å². The maximum atomic E-state index is 12.3. The molecule has 2 atom stereocenters. The molecule has 2 aliphatic heterocycles. The molecule has 116 valence electrons. The van der Waals surface area contributed by atoms with E-state index in [1.807, 2.05) is 0 Å². The smallest absolute Gasteiger partial charge is 0.346 e. The van der Waals surface area contributed by atoms with Crippen LogP contribution < -0.4 is 0 Å². The van der Waals surface area contributed by atoms with Crippen molar-refractivity contribution in [1.82, 2.24) is 0 Å². The molecule has 0 aromatic carbocycles. The van der Waals surface area contributed by atoms with Crippen LogP contribution in [0.4, 0.5) is 0 Å². The fourth-order valence-electron chi connectivity index (χ4n) is 3.64. The van der Waals surface area contributed by atoms with Gasteiger partial charge in [0.1, 0.15) is 12.3 Å². The molecule has 1 aromatic rings. The number of hydrogen-bond donors (Lipinski definition) is 1. The minimum absolute atomic E-state index is 0.0861. The number of nitrogens with zero attached hydrogens (tertiary/aromatic N) is 1. The Hall–Kier alpha value is -1.33. The molecule has 3 heterocycles. The molecule has 0 saturated carbocycles. The van der Waals surface area contributed by atoms with E-state index in [1.165, 1.54) is 45.5 Å². The molecule has 0 bridgehead atoms. The Balaban J connectivity index is 1.61. The molecule has 1 spiro atoms. The lowest BCUT2D eigenvalue weighted by atomic mass is 10.0. The third kappa shape index (κ3) is 2.85. The molecule has 1 N–H and O–H groups in total. The second-order valence-corrected chi connectivity index (χ2v) is 6.62. The Bertz CT molecular complexity index is 488. The predicted octanol–water partition coefficient (Wildman–Crippen LogP) is 1.80. The number of quaternary nitrogens is 1. The third-order valence-electron chi connectivity index (χ3n) is 4.95. The van der Waals surface area contributed by atoms with Crippen molar-refractivity contribution in [2.45, 2.75) is 44.3 Å². The van der Waals surface area contributed by atoms with E-state index < -0.39 is 11.6 Å². The average Bonchev–Trinajstić information content (AvgIpc) is 3.11. The number of esters is 1. The van der Waals surface area contributed by atoms with Gasteiger partial charge in [-0.05, 0) is 38.3 Å². The molecule has 21 heavy (non-hydrogen) atoms. The summed E-state index contributed by atoms with van der Waals surface area (Å²) in [4.78, 5) is 12.3. The molecule has 0 aliphatic carbocycles. The number of ether oxygens (including phenoxy) is 1. The molecule has 3 rings (SSSR count). The standard InChI is InChI=1S/C16H24NO4/c1-16(19,14-6-5-11-20-14)15(18)21-13-7-10-17(12-13)8-3-2-4-9-17/h5-6,11,13,19H,2-4,7-10,12H2,1H3/q+1. The number of carbonyl (C=O) groups is 1. The molecule has 2 aliphatic rings. The molecule has 0 amide bonds. The van der Waals surface area contributed by atoms with Gasteiger partial charge in [-0.2, -0.15) is 0 Å². The fraction of sp³-hybridized carbons (Fsp3) is 0.688. The summed E-state index contributed by atoms with van der Waals surface area (Å²) in [6.45, 7) is 5.79. The van der Waals surface area contributed by atoms with Crippen molar-refractivity contribution in [2.75, 3.05) is 26.2 Å². The summed E-state index contributed by atoms with van der Waals surface area (Å²) in [6, 6.07) is 3.25. The first-order chi connectivity index (χ1) is 10.0. The van der Waals surface area contributed by atoms with E-state index in [1.54, 1.807) is 12.1 Å². The van der Waals surface area contributed by atoms with E-state index in [0.29, 0.717) is 0 Å². The van der Waals surface area contributed by atoms with Crippen molar-refractivity contribution in [3.8, 4) is 0 Å².